The minimum absolute atomic E-state index is 0. The largest absolute Gasteiger partial charge is 0.491 e. The molecule has 2 aliphatic heterocycles. The van der Waals surface area contributed by atoms with Gasteiger partial charge in [-0.25, -0.2) is 4.98 Å². The van der Waals surface area contributed by atoms with Crippen molar-refractivity contribution in [2.24, 2.45) is 0 Å². The van der Waals surface area contributed by atoms with Crippen molar-refractivity contribution in [2.45, 2.75) is 25.5 Å². The number of hydrogen-bond donors (Lipinski definition) is 0. The molecule has 0 aliphatic carbocycles. The maximum atomic E-state index is 12.9. The first-order valence-corrected chi connectivity index (χ1v) is 11.9. The number of thiazole rings is 1. The van der Waals surface area contributed by atoms with E-state index in [2.05, 4.69) is 9.88 Å². The third kappa shape index (κ3) is 5.55. The van der Waals surface area contributed by atoms with Crippen LogP contribution in [0.15, 0.2) is 46.7 Å². The van der Waals surface area contributed by atoms with Gasteiger partial charge in [0.05, 0.1) is 11.8 Å². The lowest BCUT2D eigenvalue weighted by molar-refractivity contribution is 0.0625. The molecule has 3 aromatic rings. The van der Waals surface area contributed by atoms with Gasteiger partial charge in [-0.3, -0.25) is 18.9 Å². The van der Waals surface area contributed by atoms with Crippen molar-refractivity contribution in [2.75, 3.05) is 39.4 Å². The highest BCUT2D eigenvalue weighted by Gasteiger charge is 2.23. The van der Waals surface area contributed by atoms with E-state index in [-0.39, 0.29) is 30.0 Å². The summed E-state index contributed by atoms with van der Waals surface area (Å²) in [7, 11) is 0. The molecule has 1 atom stereocenters. The number of amides is 1. The van der Waals surface area contributed by atoms with Crippen molar-refractivity contribution in [3.8, 4) is 5.75 Å². The molecule has 2 aliphatic rings. The quantitative estimate of drug-likeness (QED) is 0.529. The lowest BCUT2D eigenvalue weighted by Gasteiger charge is -2.34. The molecular weight excluding hydrogens is 464 g/mol. The summed E-state index contributed by atoms with van der Waals surface area (Å²) in [5, 5.41) is 1.86. The number of aromatic nitrogens is 2. The summed E-state index contributed by atoms with van der Waals surface area (Å²) in [6.07, 6.45) is 4.05. The molecule has 1 unspecified atom stereocenters. The minimum Gasteiger partial charge on any atom is -0.491 e. The number of fused-ring (bicyclic) bond motifs is 1. The second-order valence-corrected chi connectivity index (χ2v) is 9.05. The van der Waals surface area contributed by atoms with Crippen molar-refractivity contribution < 1.29 is 14.3 Å². The van der Waals surface area contributed by atoms with Gasteiger partial charge in [0.2, 0.25) is 0 Å². The van der Waals surface area contributed by atoms with Gasteiger partial charge in [0.1, 0.15) is 12.4 Å². The number of ether oxygens (including phenoxy) is 2. The van der Waals surface area contributed by atoms with Crippen LogP contribution in [-0.4, -0.2) is 70.6 Å². The van der Waals surface area contributed by atoms with E-state index in [1.807, 2.05) is 34.5 Å². The van der Waals surface area contributed by atoms with E-state index in [0.29, 0.717) is 36.8 Å². The van der Waals surface area contributed by atoms with Crippen LogP contribution in [0.25, 0.3) is 4.96 Å². The number of carbonyl (C=O) groups is 1. The Labute approximate surface area is 202 Å². The second kappa shape index (κ2) is 10.6. The Balaban J connectivity index is 0.00000259. The number of halogens is 1. The van der Waals surface area contributed by atoms with Crippen LogP contribution in [0.5, 0.6) is 5.75 Å². The Morgan fingerprint density at radius 1 is 1.18 bits per heavy atom. The monoisotopic (exact) mass is 490 g/mol. The predicted octanol–water partition coefficient (Wildman–Crippen LogP) is 2.69. The fourth-order valence-electron chi connectivity index (χ4n) is 4.15. The van der Waals surface area contributed by atoms with Crippen molar-refractivity contribution in [3.63, 3.8) is 0 Å². The molecule has 2 fully saturated rings. The maximum absolute atomic E-state index is 12.9. The van der Waals surface area contributed by atoms with Crippen LogP contribution in [0.2, 0.25) is 0 Å². The summed E-state index contributed by atoms with van der Waals surface area (Å²) in [6, 6.07) is 8.95. The molecule has 10 heteroatoms. The highest BCUT2D eigenvalue weighted by molar-refractivity contribution is 7.15. The average Bonchev–Trinajstić information content (AvgIpc) is 3.50. The summed E-state index contributed by atoms with van der Waals surface area (Å²) in [6.45, 7) is 4.78. The Morgan fingerprint density at radius 2 is 1.97 bits per heavy atom. The molecule has 2 saturated heterocycles. The maximum Gasteiger partial charge on any atom is 0.258 e. The van der Waals surface area contributed by atoms with Gasteiger partial charge >= 0.3 is 0 Å². The lowest BCUT2D eigenvalue weighted by Crippen LogP contribution is -2.48. The molecule has 5 rings (SSSR count). The first kappa shape index (κ1) is 23.7. The molecular formula is C23H27ClN4O4S. The van der Waals surface area contributed by atoms with E-state index < -0.39 is 0 Å². The van der Waals surface area contributed by atoms with E-state index in [0.717, 1.165) is 44.0 Å². The topological polar surface area (TPSA) is 76.4 Å². The van der Waals surface area contributed by atoms with Crippen molar-refractivity contribution >= 4 is 34.6 Å². The van der Waals surface area contributed by atoms with Gasteiger partial charge in [0, 0.05) is 62.5 Å². The Kier molecular flexibility index (Phi) is 7.64. The molecule has 0 radical (unpaired) electrons. The first-order chi connectivity index (χ1) is 15.7. The van der Waals surface area contributed by atoms with Gasteiger partial charge in [-0.1, -0.05) is 0 Å². The molecule has 2 aromatic heterocycles. The second-order valence-electron chi connectivity index (χ2n) is 8.18. The van der Waals surface area contributed by atoms with Gasteiger partial charge in [0.15, 0.2) is 4.96 Å². The molecule has 0 bridgehead atoms. The molecule has 4 heterocycles. The Hall–Kier alpha value is -2.46. The minimum atomic E-state index is -0.0525. The summed E-state index contributed by atoms with van der Waals surface area (Å²) in [5.41, 5.74) is 1.39. The molecule has 176 valence electrons. The summed E-state index contributed by atoms with van der Waals surface area (Å²) in [5.74, 6) is 0.791. The number of piperazine rings is 1. The number of nitrogens with zero attached hydrogens (tertiary/aromatic N) is 4. The fourth-order valence-corrected chi connectivity index (χ4v) is 4.89. The van der Waals surface area contributed by atoms with E-state index in [1.165, 1.54) is 11.3 Å². The highest BCUT2D eigenvalue weighted by Crippen LogP contribution is 2.18. The summed E-state index contributed by atoms with van der Waals surface area (Å²) >= 11 is 1.46. The fraction of sp³-hybridized carbons (Fsp3) is 0.435. The third-order valence-corrected chi connectivity index (χ3v) is 6.72. The van der Waals surface area contributed by atoms with Gasteiger partial charge in [-0.2, -0.15) is 0 Å². The van der Waals surface area contributed by atoms with Crippen molar-refractivity contribution in [3.05, 3.63) is 63.5 Å². The van der Waals surface area contributed by atoms with Crippen LogP contribution in [-0.2, 0) is 11.3 Å². The average molecular weight is 491 g/mol. The van der Waals surface area contributed by atoms with Crippen LogP contribution in [0.1, 0.15) is 28.9 Å². The molecule has 0 spiro atoms. The number of benzene rings is 1. The SMILES string of the molecule is Cl.O=C(c1ccc(OCC2CCCO2)cc1)N1CCN(Cc2cc(=O)n3ccsc3n2)CC1. The molecule has 8 nitrogen and oxygen atoms in total. The van der Waals surface area contributed by atoms with Crippen LogP contribution in [0.3, 0.4) is 0 Å². The van der Waals surface area contributed by atoms with E-state index in [4.69, 9.17) is 9.47 Å². The number of hydrogen-bond acceptors (Lipinski definition) is 7. The summed E-state index contributed by atoms with van der Waals surface area (Å²) in [4.78, 5) is 34.5. The van der Waals surface area contributed by atoms with Crippen molar-refractivity contribution in [1.29, 1.82) is 0 Å². The molecule has 1 aromatic carbocycles. The van der Waals surface area contributed by atoms with E-state index in [9.17, 15) is 9.59 Å². The van der Waals surface area contributed by atoms with Gasteiger partial charge in [-0.15, -0.1) is 23.7 Å². The Morgan fingerprint density at radius 3 is 2.70 bits per heavy atom. The molecule has 1 amide bonds. The third-order valence-electron chi connectivity index (χ3n) is 5.96. The van der Waals surface area contributed by atoms with E-state index in [1.54, 1.807) is 16.7 Å². The van der Waals surface area contributed by atoms with Gasteiger partial charge < -0.3 is 14.4 Å². The molecule has 0 N–H and O–H groups in total. The highest BCUT2D eigenvalue weighted by atomic mass is 35.5. The summed E-state index contributed by atoms with van der Waals surface area (Å²) < 4.78 is 12.9. The van der Waals surface area contributed by atoms with Gasteiger partial charge in [0.25, 0.3) is 11.5 Å². The van der Waals surface area contributed by atoms with Crippen LogP contribution in [0.4, 0.5) is 0 Å². The standard InChI is InChI=1S/C23H26N4O4S.ClH/c28-21-14-18(24-23-27(21)11-13-32-23)15-25-7-9-26(10-8-25)22(29)17-3-5-19(6-4-17)31-16-20-2-1-12-30-20;/h3-6,11,13-14,20H,1-2,7-10,12,15-16H2;1H. The zero-order valence-electron chi connectivity index (χ0n) is 18.2. The predicted molar refractivity (Wildman–Crippen MR) is 129 cm³/mol. The van der Waals surface area contributed by atoms with E-state index >= 15 is 0 Å². The number of carbonyl (C=O) groups excluding carboxylic acids is 1. The smallest absolute Gasteiger partial charge is 0.258 e. The zero-order chi connectivity index (χ0) is 21.9. The van der Waals surface area contributed by atoms with Crippen LogP contribution >= 0.6 is 23.7 Å². The molecule has 0 saturated carbocycles. The van der Waals surface area contributed by atoms with Crippen LogP contribution in [0, 0.1) is 0 Å². The van der Waals surface area contributed by atoms with Crippen LogP contribution < -0.4 is 10.3 Å². The zero-order valence-corrected chi connectivity index (χ0v) is 19.9. The first-order valence-electron chi connectivity index (χ1n) is 11.0. The molecule has 33 heavy (non-hydrogen) atoms. The van der Waals surface area contributed by atoms with Gasteiger partial charge in [-0.05, 0) is 37.1 Å². The normalized spacial score (nSPS) is 18.9. The Bertz CT molecular complexity index is 1140. The van der Waals surface area contributed by atoms with Crippen molar-refractivity contribution in [1.82, 2.24) is 19.2 Å². The lowest BCUT2D eigenvalue weighted by atomic mass is 10.1. The number of rotatable bonds is 6.